The smallest absolute Gasteiger partial charge is 0.408 e. The zero-order valence-electron chi connectivity index (χ0n) is 9.88. The van der Waals surface area contributed by atoms with Crippen LogP contribution < -0.4 is 5.32 Å². The number of ether oxygens (including phenoxy) is 1. The van der Waals surface area contributed by atoms with Crippen LogP contribution in [0.25, 0.3) is 0 Å². The van der Waals surface area contributed by atoms with Crippen molar-refractivity contribution in [1.82, 2.24) is 5.32 Å². The van der Waals surface area contributed by atoms with Gasteiger partial charge in [0.2, 0.25) is 0 Å². The molecule has 4 nitrogen and oxygen atoms in total. The van der Waals surface area contributed by atoms with E-state index in [1.165, 1.54) is 11.8 Å². The Morgan fingerprint density at radius 2 is 2.00 bits per heavy atom. The molecule has 0 aliphatic rings. The van der Waals surface area contributed by atoms with E-state index in [0.29, 0.717) is 5.75 Å². The third kappa shape index (κ3) is 6.24. The summed E-state index contributed by atoms with van der Waals surface area (Å²) in [5, 5.41) is 11.5. The maximum Gasteiger partial charge on any atom is 0.408 e. The molecular formula is C10H18N2O2S. The Hall–Kier alpha value is -0.890. The molecule has 0 fully saturated rings. The van der Waals surface area contributed by atoms with E-state index in [0.717, 1.165) is 0 Å². The summed E-state index contributed by atoms with van der Waals surface area (Å²) in [5.41, 5.74) is -1.42. The topological polar surface area (TPSA) is 62.1 Å². The fourth-order valence-corrected chi connectivity index (χ4v) is 1.63. The largest absolute Gasteiger partial charge is 0.444 e. The third-order valence-electron chi connectivity index (χ3n) is 1.46. The van der Waals surface area contributed by atoms with Crippen molar-refractivity contribution in [2.45, 2.75) is 38.8 Å². The molecule has 0 aromatic heterocycles. The summed E-state index contributed by atoms with van der Waals surface area (Å²) in [6.45, 7) is 7.02. The molecule has 15 heavy (non-hydrogen) atoms. The molecule has 0 heterocycles. The van der Waals surface area contributed by atoms with Crippen LogP contribution in [0.5, 0.6) is 0 Å². The second-order valence-electron chi connectivity index (χ2n) is 4.50. The minimum Gasteiger partial charge on any atom is -0.444 e. The van der Waals surface area contributed by atoms with Crippen molar-refractivity contribution >= 4 is 17.9 Å². The van der Waals surface area contributed by atoms with Crippen LogP contribution in [-0.4, -0.2) is 29.2 Å². The van der Waals surface area contributed by atoms with Crippen molar-refractivity contribution in [3.63, 3.8) is 0 Å². The second-order valence-corrected chi connectivity index (χ2v) is 5.37. The maximum atomic E-state index is 11.4. The van der Waals surface area contributed by atoms with Gasteiger partial charge in [-0.1, -0.05) is 0 Å². The molecule has 5 heteroatoms. The number of carbonyl (C=O) groups excluding carboxylic acids is 1. The molecule has 0 saturated heterocycles. The lowest BCUT2D eigenvalue weighted by atomic mass is 10.1. The van der Waals surface area contributed by atoms with Gasteiger partial charge in [0.25, 0.3) is 0 Å². The normalized spacial score (nSPS) is 14.9. The number of thioether (sulfide) groups is 1. The number of alkyl carbamates (subject to hydrolysis) is 1. The van der Waals surface area contributed by atoms with Crippen LogP contribution in [0, 0.1) is 11.3 Å². The fourth-order valence-electron chi connectivity index (χ4n) is 0.914. The Bertz CT molecular complexity index is 268. The van der Waals surface area contributed by atoms with Gasteiger partial charge in [0, 0.05) is 5.75 Å². The molecule has 0 radical (unpaired) electrons. The van der Waals surface area contributed by atoms with Crippen molar-refractivity contribution in [3.8, 4) is 6.07 Å². The van der Waals surface area contributed by atoms with Crippen molar-refractivity contribution in [2.75, 3.05) is 12.0 Å². The predicted octanol–water partition coefficient (Wildman–Crippen LogP) is 2.16. The molecule has 0 rings (SSSR count). The fraction of sp³-hybridized carbons (Fsp3) is 0.800. The lowest BCUT2D eigenvalue weighted by Gasteiger charge is -2.25. The van der Waals surface area contributed by atoms with E-state index in [2.05, 4.69) is 11.4 Å². The lowest BCUT2D eigenvalue weighted by Crippen LogP contribution is -2.48. The van der Waals surface area contributed by atoms with Crippen LogP contribution in [0.1, 0.15) is 27.7 Å². The molecule has 1 atom stereocenters. The minimum atomic E-state index is -0.873. The minimum absolute atomic E-state index is 0.530. The number of amides is 1. The number of carbonyl (C=O) groups is 1. The quantitative estimate of drug-likeness (QED) is 0.807. The summed E-state index contributed by atoms with van der Waals surface area (Å²) < 4.78 is 5.07. The van der Waals surface area contributed by atoms with Gasteiger partial charge in [-0.15, -0.1) is 0 Å². The van der Waals surface area contributed by atoms with Crippen LogP contribution in [0.2, 0.25) is 0 Å². The molecule has 1 amide bonds. The number of hydrogen-bond donors (Lipinski definition) is 1. The first-order chi connectivity index (χ1) is 6.72. The van der Waals surface area contributed by atoms with Crippen LogP contribution in [0.15, 0.2) is 0 Å². The van der Waals surface area contributed by atoms with Crippen LogP contribution >= 0.6 is 11.8 Å². The van der Waals surface area contributed by atoms with Crippen LogP contribution in [-0.2, 0) is 4.74 Å². The standard InChI is InChI=1S/C10H18N2O2S/c1-9(2,3)14-8(13)12-10(4,6-11)7-15-5/h7H2,1-5H3,(H,12,13). The van der Waals surface area contributed by atoms with E-state index in [9.17, 15) is 4.79 Å². The molecular weight excluding hydrogens is 212 g/mol. The summed E-state index contributed by atoms with van der Waals surface area (Å²) in [5.74, 6) is 0.530. The first-order valence-electron chi connectivity index (χ1n) is 4.64. The van der Waals surface area contributed by atoms with Gasteiger partial charge in [0.1, 0.15) is 11.1 Å². The van der Waals surface area contributed by atoms with E-state index in [4.69, 9.17) is 10.00 Å². The maximum absolute atomic E-state index is 11.4. The SMILES string of the molecule is CSCC(C)(C#N)NC(=O)OC(C)(C)C. The summed E-state index contributed by atoms with van der Waals surface area (Å²) in [4.78, 5) is 11.4. The molecule has 1 unspecified atom stereocenters. The Balaban J connectivity index is 4.33. The highest BCUT2D eigenvalue weighted by atomic mass is 32.2. The van der Waals surface area contributed by atoms with Crippen LogP contribution in [0.4, 0.5) is 4.79 Å². The molecule has 0 aromatic carbocycles. The van der Waals surface area contributed by atoms with Crippen LogP contribution in [0.3, 0.4) is 0 Å². The zero-order valence-corrected chi connectivity index (χ0v) is 10.7. The van der Waals surface area contributed by atoms with E-state index in [-0.39, 0.29) is 0 Å². The molecule has 86 valence electrons. The highest BCUT2D eigenvalue weighted by Crippen LogP contribution is 2.12. The summed E-state index contributed by atoms with van der Waals surface area (Å²) in [7, 11) is 0. The van der Waals surface area contributed by atoms with Crippen molar-refractivity contribution in [1.29, 1.82) is 5.26 Å². The third-order valence-corrected chi connectivity index (χ3v) is 2.32. The van der Waals surface area contributed by atoms with E-state index >= 15 is 0 Å². The highest BCUT2D eigenvalue weighted by Gasteiger charge is 2.28. The van der Waals surface area contributed by atoms with Gasteiger partial charge in [-0.05, 0) is 34.0 Å². The summed E-state index contributed by atoms with van der Waals surface area (Å²) in [6.07, 6.45) is 1.33. The van der Waals surface area contributed by atoms with Gasteiger partial charge in [-0.3, -0.25) is 0 Å². The molecule has 0 bridgehead atoms. The van der Waals surface area contributed by atoms with Gasteiger partial charge in [0.15, 0.2) is 0 Å². The van der Waals surface area contributed by atoms with Gasteiger partial charge in [-0.2, -0.15) is 17.0 Å². The number of rotatable bonds is 3. The number of nitriles is 1. The first kappa shape index (κ1) is 14.1. The number of nitrogens with zero attached hydrogens (tertiary/aromatic N) is 1. The highest BCUT2D eigenvalue weighted by molar-refractivity contribution is 7.98. The monoisotopic (exact) mass is 230 g/mol. The van der Waals surface area contributed by atoms with E-state index in [1.807, 2.05) is 6.26 Å². The molecule has 0 spiro atoms. The Labute approximate surface area is 95.4 Å². The van der Waals surface area contributed by atoms with E-state index in [1.54, 1.807) is 27.7 Å². The Morgan fingerprint density at radius 1 is 1.47 bits per heavy atom. The average molecular weight is 230 g/mol. The van der Waals surface area contributed by atoms with Gasteiger partial charge in [-0.25, -0.2) is 4.79 Å². The second kappa shape index (κ2) is 5.26. The van der Waals surface area contributed by atoms with Gasteiger partial charge >= 0.3 is 6.09 Å². The van der Waals surface area contributed by atoms with Crippen molar-refractivity contribution < 1.29 is 9.53 Å². The van der Waals surface area contributed by atoms with Crippen molar-refractivity contribution in [2.24, 2.45) is 0 Å². The Morgan fingerprint density at radius 3 is 2.33 bits per heavy atom. The molecule has 0 aliphatic carbocycles. The van der Waals surface area contributed by atoms with E-state index < -0.39 is 17.2 Å². The zero-order chi connectivity index (χ0) is 12.1. The molecule has 1 N–H and O–H groups in total. The predicted molar refractivity (Wildman–Crippen MR) is 61.8 cm³/mol. The Kier molecular flexibility index (Phi) is 4.95. The molecule has 0 aliphatic heterocycles. The number of hydrogen-bond acceptors (Lipinski definition) is 4. The summed E-state index contributed by atoms with van der Waals surface area (Å²) in [6, 6.07) is 2.06. The van der Waals surface area contributed by atoms with Gasteiger partial charge in [0.05, 0.1) is 6.07 Å². The summed E-state index contributed by atoms with van der Waals surface area (Å²) >= 11 is 1.50. The van der Waals surface area contributed by atoms with Crippen molar-refractivity contribution in [3.05, 3.63) is 0 Å². The number of nitrogens with one attached hydrogen (secondary N) is 1. The molecule has 0 saturated carbocycles. The molecule has 0 aromatic rings. The average Bonchev–Trinajstić information content (AvgIpc) is 2.00. The lowest BCUT2D eigenvalue weighted by molar-refractivity contribution is 0.0495. The first-order valence-corrected chi connectivity index (χ1v) is 6.03. The van der Waals surface area contributed by atoms with Gasteiger partial charge < -0.3 is 10.1 Å².